The highest BCUT2D eigenvalue weighted by atomic mass is 32.1. The predicted molar refractivity (Wildman–Crippen MR) is 90.2 cm³/mol. The molecular formula is C13H23N5O6S. The topological polar surface area (TPSA) is 208 Å². The molecule has 0 rings (SSSR count). The first-order valence-electron chi connectivity index (χ1n) is 7.35. The molecule has 3 atom stereocenters. The molecule has 0 aliphatic heterocycles. The van der Waals surface area contributed by atoms with E-state index in [4.69, 9.17) is 22.3 Å². The number of primary amides is 2. The summed E-state index contributed by atoms with van der Waals surface area (Å²) in [4.78, 5) is 56.5. The molecule has 0 heterocycles. The highest BCUT2D eigenvalue weighted by molar-refractivity contribution is 7.80. The molecule has 0 aliphatic rings. The van der Waals surface area contributed by atoms with Gasteiger partial charge in [0.25, 0.3) is 0 Å². The zero-order valence-corrected chi connectivity index (χ0v) is 14.3. The summed E-state index contributed by atoms with van der Waals surface area (Å²) in [6, 6.07) is -3.55. The maximum absolute atomic E-state index is 12.1. The summed E-state index contributed by atoms with van der Waals surface area (Å²) in [5.41, 5.74) is 15.5. The van der Waals surface area contributed by atoms with Crippen LogP contribution >= 0.6 is 12.6 Å². The zero-order chi connectivity index (χ0) is 19.6. The fraction of sp³-hybridized carbons (Fsp3) is 0.615. The number of thiol groups is 1. The van der Waals surface area contributed by atoms with Gasteiger partial charge < -0.3 is 32.9 Å². The molecule has 0 saturated carbocycles. The van der Waals surface area contributed by atoms with Gasteiger partial charge in [0.2, 0.25) is 23.6 Å². The normalized spacial score (nSPS) is 14.0. The van der Waals surface area contributed by atoms with Gasteiger partial charge in [0.15, 0.2) is 0 Å². The Balaban J connectivity index is 4.71. The standard InChI is InChI=1S/C13H23N5O6S/c14-6(1-3-9(15)19)11(21)18-8(5-25)12(22)17-7(13(23)24)2-4-10(16)20/h6-8,25H,1-5,14H2,(H2,15,19)(H2,16,20)(H,17,22)(H,18,21)(H,23,24)/t6-,7-,8-/m0/s1. The molecule has 0 spiro atoms. The van der Waals surface area contributed by atoms with E-state index in [1.807, 2.05) is 0 Å². The molecule has 0 saturated heterocycles. The number of nitrogens with two attached hydrogens (primary N) is 3. The SMILES string of the molecule is NC(=O)CC[C@H](NC(=O)[C@H](CS)NC(=O)[C@@H](N)CCC(N)=O)C(=O)O. The fourth-order valence-corrected chi connectivity index (χ4v) is 1.98. The summed E-state index contributed by atoms with van der Waals surface area (Å²) >= 11 is 3.93. The number of hydrogen-bond acceptors (Lipinski definition) is 7. The largest absolute Gasteiger partial charge is 0.480 e. The molecule has 142 valence electrons. The second-order valence-electron chi connectivity index (χ2n) is 5.26. The highest BCUT2D eigenvalue weighted by Gasteiger charge is 2.27. The third-order valence-corrected chi connectivity index (χ3v) is 3.51. The van der Waals surface area contributed by atoms with Gasteiger partial charge in [-0.1, -0.05) is 0 Å². The first kappa shape index (κ1) is 22.7. The number of carboxylic acid groups (broad SMARTS) is 1. The molecule has 0 aromatic heterocycles. The van der Waals surface area contributed by atoms with E-state index in [-0.39, 0.29) is 31.4 Å². The molecule has 0 bridgehead atoms. The van der Waals surface area contributed by atoms with E-state index in [1.165, 1.54) is 0 Å². The fourth-order valence-electron chi connectivity index (χ4n) is 1.72. The number of carbonyl (C=O) groups is 5. The van der Waals surface area contributed by atoms with Crippen LogP contribution in [0, 0.1) is 0 Å². The molecule has 0 aromatic rings. The Hall–Kier alpha value is -2.34. The van der Waals surface area contributed by atoms with Crippen LogP contribution in [0.5, 0.6) is 0 Å². The first-order valence-corrected chi connectivity index (χ1v) is 7.98. The van der Waals surface area contributed by atoms with E-state index in [0.29, 0.717) is 0 Å². The van der Waals surface area contributed by atoms with Crippen molar-refractivity contribution in [2.45, 2.75) is 43.8 Å². The smallest absolute Gasteiger partial charge is 0.326 e. The van der Waals surface area contributed by atoms with Crippen LogP contribution in [-0.4, -0.2) is 58.6 Å². The second-order valence-corrected chi connectivity index (χ2v) is 5.62. The summed E-state index contributed by atoms with van der Waals surface area (Å²) < 4.78 is 0. The lowest BCUT2D eigenvalue weighted by atomic mass is 10.1. The first-order chi connectivity index (χ1) is 11.6. The number of hydrogen-bond donors (Lipinski definition) is 7. The Labute approximate surface area is 149 Å². The van der Waals surface area contributed by atoms with Crippen LogP contribution in [0.4, 0.5) is 0 Å². The van der Waals surface area contributed by atoms with E-state index in [2.05, 4.69) is 23.3 Å². The van der Waals surface area contributed by atoms with Crippen molar-refractivity contribution in [2.75, 3.05) is 5.75 Å². The van der Waals surface area contributed by atoms with Crippen molar-refractivity contribution in [3.63, 3.8) is 0 Å². The molecule has 0 aromatic carbocycles. The molecule has 0 aliphatic carbocycles. The monoisotopic (exact) mass is 377 g/mol. The number of aliphatic carboxylic acids is 1. The van der Waals surface area contributed by atoms with Gasteiger partial charge in [-0.3, -0.25) is 19.2 Å². The van der Waals surface area contributed by atoms with Crippen molar-refractivity contribution < 1.29 is 29.1 Å². The van der Waals surface area contributed by atoms with E-state index >= 15 is 0 Å². The lowest BCUT2D eigenvalue weighted by Crippen LogP contribution is -2.55. The van der Waals surface area contributed by atoms with Crippen LogP contribution in [0.25, 0.3) is 0 Å². The predicted octanol–water partition coefficient (Wildman–Crippen LogP) is -3.17. The maximum Gasteiger partial charge on any atom is 0.326 e. The van der Waals surface area contributed by atoms with Crippen LogP contribution in [0.15, 0.2) is 0 Å². The minimum atomic E-state index is -1.35. The average Bonchev–Trinajstić information content (AvgIpc) is 2.52. The molecule has 0 radical (unpaired) electrons. The number of nitrogens with one attached hydrogen (secondary N) is 2. The lowest BCUT2D eigenvalue weighted by molar-refractivity contribution is -0.142. The Kier molecular flexibility index (Phi) is 10.2. The van der Waals surface area contributed by atoms with Gasteiger partial charge in [0.1, 0.15) is 12.1 Å². The van der Waals surface area contributed by atoms with E-state index in [9.17, 15) is 24.0 Å². The van der Waals surface area contributed by atoms with Crippen LogP contribution in [0.3, 0.4) is 0 Å². The Morgan fingerprint density at radius 1 is 0.880 bits per heavy atom. The van der Waals surface area contributed by atoms with Crippen LogP contribution in [0.2, 0.25) is 0 Å². The summed E-state index contributed by atoms with van der Waals surface area (Å²) in [6.45, 7) is 0. The molecule has 12 heteroatoms. The number of rotatable bonds is 12. The Morgan fingerprint density at radius 3 is 1.80 bits per heavy atom. The van der Waals surface area contributed by atoms with Crippen molar-refractivity contribution >= 4 is 42.2 Å². The third kappa shape index (κ3) is 9.52. The molecule has 0 unspecified atom stereocenters. The molecule has 9 N–H and O–H groups in total. The number of carboxylic acids is 1. The van der Waals surface area contributed by atoms with Gasteiger partial charge in [-0.05, 0) is 12.8 Å². The van der Waals surface area contributed by atoms with Gasteiger partial charge in [0, 0.05) is 18.6 Å². The number of carbonyl (C=O) groups excluding carboxylic acids is 4. The minimum Gasteiger partial charge on any atom is -0.480 e. The van der Waals surface area contributed by atoms with Gasteiger partial charge in [0.05, 0.1) is 6.04 Å². The number of amides is 4. The van der Waals surface area contributed by atoms with E-state index in [0.717, 1.165) is 0 Å². The van der Waals surface area contributed by atoms with Crippen LogP contribution in [0.1, 0.15) is 25.7 Å². The molecule has 4 amide bonds. The maximum atomic E-state index is 12.1. The zero-order valence-electron chi connectivity index (χ0n) is 13.4. The highest BCUT2D eigenvalue weighted by Crippen LogP contribution is 2.01. The average molecular weight is 377 g/mol. The van der Waals surface area contributed by atoms with E-state index in [1.54, 1.807) is 0 Å². The van der Waals surface area contributed by atoms with Crippen molar-refractivity contribution in [2.24, 2.45) is 17.2 Å². The summed E-state index contributed by atoms with van der Waals surface area (Å²) in [7, 11) is 0. The third-order valence-electron chi connectivity index (χ3n) is 3.15. The molecular weight excluding hydrogens is 354 g/mol. The van der Waals surface area contributed by atoms with Crippen LogP contribution < -0.4 is 27.8 Å². The minimum absolute atomic E-state index is 0.00155. The van der Waals surface area contributed by atoms with Crippen molar-refractivity contribution in [3.05, 3.63) is 0 Å². The Bertz CT molecular complexity index is 529. The molecule has 0 fully saturated rings. The molecule has 25 heavy (non-hydrogen) atoms. The van der Waals surface area contributed by atoms with E-state index < -0.39 is 47.7 Å². The van der Waals surface area contributed by atoms with Gasteiger partial charge >= 0.3 is 5.97 Å². The summed E-state index contributed by atoms with van der Waals surface area (Å²) in [5, 5.41) is 13.5. The Morgan fingerprint density at radius 2 is 1.36 bits per heavy atom. The quantitative estimate of drug-likeness (QED) is 0.173. The lowest BCUT2D eigenvalue weighted by Gasteiger charge is -2.21. The summed E-state index contributed by atoms with van der Waals surface area (Å²) in [5.74, 6) is -4.31. The van der Waals surface area contributed by atoms with Gasteiger partial charge in [-0.2, -0.15) is 12.6 Å². The van der Waals surface area contributed by atoms with Gasteiger partial charge in [-0.15, -0.1) is 0 Å². The van der Waals surface area contributed by atoms with Gasteiger partial charge in [-0.25, -0.2) is 4.79 Å². The second kappa shape index (κ2) is 11.3. The van der Waals surface area contributed by atoms with Crippen molar-refractivity contribution in [3.8, 4) is 0 Å². The van der Waals surface area contributed by atoms with Crippen molar-refractivity contribution in [1.29, 1.82) is 0 Å². The summed E-state index contributed by atoms with van der Waals surface area (Å²) in [6.07, 6.45) is -0.520. The molecule has 11 nitrogen and oxygen atoms in total. The van der Waals surface area contributed by atoms with Crippen LogP contribution in [-0.2, 0) is 24.0 Å². The van der Waals surface area contributed by atoms with Crippen molar-refractivity contribution in [1.82, 2.24) is 10.6 Å².